The predicted octanol–water partition coefficient (Wildman–Crippen LogP) is 1.98. The van der Waals surface area contributed by atoms with Crippen LogP contribution in [0.1, 0.15) is 24.1 Å². The molecule has 7 heteroatoms. The van der Waals surface area contributed by atoms with Gasteiger partial charge in [-0.1, -0.05) is 6.07 Å². The van der Waals surface area contributed by atoms with Crippen LogP contribution in [-0.4, -0.2) is 33.2 Å². The average Bonchev–Trinajstić information content (AvgIpc) is 2.96. The van der Waals surface area contributed by atoms with Gasteiger partial charge in [-0.15, -0.1) is 0 Å². The van der Waals surface area contributed by atoms with Gasteiger partial charge in [0.1, 0.15) is 11.6 Å². The van der Waals surface area contributed by atoms with Crippen LogP contribution in [0.25, 0.3) is 0 Å². The summed E-state index contributed by atoms with van der Waals surface area (Å²) in [6.45, 7) is 1.29. The molecular weight excluding hydrogens is 314 g/mol. The Balaban J connectivity index is 1.63. The lowest BCUT2D eigenvalue weighted by atomic mass is 10.0. The van der Waals surface area contributed by atoms with Crippen molar-refractivity contribution in [2.24, 2.45) is 7.05 Å². The van der Waals surface area contributed by atoms with Crippen molar-refractivity contribution in [3.8, 4) is 0 Å². The van der Waals surface area contributed by atoms with Crippen LogP contribution in [0.2, 0.25) is 0 Å². The number of amides is 1. The number of benzene rings is 1. The highest BCUT2D eigenvalue weighted by Crippen LogP contribution is 2.18. The highest BCUT2D eigenvalue weighted by atomic mass is 19.1. The lowest BCUT2D eigenvalue weighted by Crippen LogP contribution is -2.50. The molecule has 1 aliphatic heterocycles. The van der Waals surface area contributed by atoms with E-state index in [0.717, 1.165) is 24.6 Å². The molecule has 0 spiro atoms. The molecule has 1 fully saturated rings. The van der Waals surface area contributed by atoms with Crippen LogP contribution in [0.15, 0.2) is 30.5 Å². The number of nitrogens with zero attached hydrogens (tertiary/aromatic N) is 3. The number of halogens is 2. The Morgan fingerprint density at radius 2 is 2.17 bits per heavy atom. The number of nitrogens with one attached hydrogen (secondary N) is 1. The summed E-state index contributed by atoms with van der Waals surface area (Å²) in [4.78, 5) is 14.2. The van der Waals surface area contributed by atoms with Gasteiger partial charge in [0.15, 0.2) is 0 Å². The average molecular weight is 334 g/mol. The number of aryl methyl sites for hydroxylation is 1. The van der Waals surface area contributed by atoms with Crippen LogP contribution < -0.4 is 5.32 Å². The van der Waals surface area contributed by atoms with Crippen molar-refractivity contribution in [1.82, 2.24) is 20.0 Å². The molecule has 0 radical (unpaired) electrons. The monoisotopic (exact) mass is 334 g/mol. The van der Waals surface area contributed by atoms with E-state index in [0.29, 0.717) is 18.7 Å². The first-order valence-electron chi connectivity index (χ1n) is 7.97. The second-order valence-corrected chi connectivity index (χ2v) is 6.02. The van der Waals surface area contributed by atoms with Gasteiger partial charge >= 0.3 is 0 Å². The Morgan fingerprint density at radius 1 is 1.33 bits per heavy atom. The summed E-state index contributed by atoms with van der Waals surface area (Å²) in [6, 6.07) is 5.06. The standard InChI is InChI=1S/C17H20F2N4O/c1-22-14(6-7-21-22)10-20-16-3-2-8-23(17(16)24)11-12-4-5-13(18)9-15(12)19/h4-7,9,16,20H,2-3,8,10-11H2,1H3/t16-/m0/s1. The molecule has 1 aromatic carbocycles. The van der Waals surface area contributed by atoms with Crippen LogP contribution in [0, 0.1) is 11.6 Å². The highest BCUT2D eigenvalue weighted by molar-refractivity contribution is 5.82. The lowest BCUT2D eigenvalue weighted by molar-refractivity contribution is -0.136. The Labute approximate surface area is 139 Å². The normalized spacial score (nSPS) is 18.2. The first-order chi connectivity index (χ1) is 11.5. The minimum Gasteiger partial charge on any atom is -0.337 e. The first-order valence-corrected chi connectivity index (χ1v) is 7.97. The van der Waals surface area contributed by atoms with E-state index in [2.05, 4.69) is 10.4 Å². The van der Waals surface area contributed by atoms with E-state index in [1.54, 1.807) is 15.8 Å². The Bertz CT molecular complexity index is 731. The van der Waals surface area contributed by atoms with Crippen molar-refractivity contribution in [3.63, 3.8) is 0 Å². The van der Waals surface area contributed by atoms with E-state index in [4.69, 9.17) is 0 Å². The summed E-state index contributed by atoms with van der Waals surface area (Å²) in [7, 11) is 1.85. The smallest absolute Gasteiger partial charge is 0.240 e. The molecule has 0 unspecified atom stereocenters. The van der Waals surface area contributed by atoms with Gasteiger partial charge in [0, 0.05) is 44.5 Å². The second kappa shape index (κ2) is 7.09. The number of hydrogen-bond acceptors (Lipinski definition) is 3. The van der Waals surface area contributed by atoms with Crippen molar-refractivity contribution in [1.29, 1.82) is 0 Å². The van der Waals surface area contributed by atoms with Crippen LogP contribution in [0.3, 0.4) is 0 Å². The fraction of sp³-hybridized carbons (Fsp3) is 0.412. The summed E-state index contributed by atoms with van der Waals surface area (Å²) in [5, 5.41) is 7.34. The van der Waals surface area contributed by atoms with Crippen molar-refractivity contribution in [3.05, 3.63) is 53.4 Å². The second-order valence-electron chi connectivity index (χ2n) is 6.02. The molecule has 0 bridgehead atoms. The number of likely N-dealkylation sites (tertiary alicyclic amines) is 1. The maximum Gasteiger partial charge on any atom is 0.240 e. The molecule has 1 saturated heterocycles. The minimum atomic E-state index is -0.618. The molecule has 1 amide bonds. The van der Waals surface area contributed by atoms with Gasteiger partial charge in [-0.2, -0.15) is 5.10 Å². The molecule has 1 N–H and O–H groups in total. The predicted molar refractivity (Wildman–Crippen MR) is 84.8 cm³/mol. The van der Waals surface area contributed by atoms with E-state index in [1.807, 2.05) is 13.1 Å². The van der Waals surface area contributed by atoms with Gasteiger partial charge in [-0.3, -0.25) is 9.48 Å². The topological polar surface area (TPSA) is 50.2 Å². The van der Waals surface area contributed by atoms with E-state index in [-0.39, 0.29) is 18.5 Å². The summed E-state index contributed by atoms with van der Waals surface area (Å²) in [6.07, 6.45) is 3.31. The number of hydrogen-bond donors (Lipinski definition) is 1. The van der Waals surface area contributed by atoms with Crippen molar-refractivity contribution in [2.75, 3.05) is 6.54 Å². The quantitative estimate of drug-likeness (QED) is 0.910. The molecule has 24 heavy (non-hydrogen) atoms. The molecule has 128 valence electrons. The van der Waals surface area contributed by atoms with E-state index in [1.165, 1.54) is 12.1 Å². The molecule has 5 nitrogen and oxygen atoms in total. The molecule has 3 rings (SSSR count). The zero-order valence-electron chi connectivity index (χ0n) is 13.5. The van der Waals surface area contributed by atoms with Crippen molar-refractivity contribution in [2.45, 2.75) is 32.0 Å². The fourth-order valence-corrected chi connectivity index (χ4v) is 2.94. The van der Waals surface area contributed by atoms with Gasteiger partial charge < -0.3 is 10.2 Å². The maximum atomic E-state index is 13.8. The van der Waals surface area contributed by atoms with Gasteiger partial charge in [0.05, 0.1) is 11.7 Å². The third-order valence-corrected chi connectivity index (χ3v) is 4.36. The molecule has 1 aliphatic rings. The summed E-state index contributed by atoms with van der Waals surface area (Å²) < 4.78 is 28.6. The molecule has 2 aromatic rings. The number of carbonyl (C=O) groups is 1. The largest absolute Gasteiger partial charge is 0.337 e. The number of rotatable bonds is 5. The molecule has 1 atom stereocenters. The van der Waals surface area contributed by atoms with E-state index < -0.39 is 11.6 Å². The van der Waals surface area contributed by atoms with Crippen LogP contribution in [-0.2, 0) is 24.9 Å². The summed E-state index contributed by atoms with van der Waals surface area (Å²) in [5.74, 6) is -1.28. The minimum absolute atomic E-state index is 0.0489. The third-order valence-electron chi connectivity index (χ3n) is 4.36. The van der Waals surface area contributed by atoms with E-state index >= 15 is 0 Å². The SMILES string of the molecule is Cn1nccc1CN[C@H]1CCCN(Cc2ccc(F)cc2F)C1=O. The molecule has 2 heterocycles. The Kier molecular flexibility index (Phi) is 4.89. The van der Waals surface area contributed by atoms with Crippen LogP contribution in [0.4, 0.5) is 8.78 Å². The first kappa shape index (κ1) is 16.6. The summed E-state index contributed by atoms with van der Waals surface area (Å²) >= 11 is 0. The molecule has 0 saturated carbocycles. The van der Waals surface area contributed by atoms with Gasteiger partial charge in [0.25, 0.3) is 0 Å². The van der Waals surface area contributed by atoms with Gasteiger partial charge in [-0.25, -0.2) is 8.78 Å². The number of carbonyl (C=O) groups excluding carboxylic acids is 1. The van der Waals surface area contributed by atoms with Crippen LogP contribution in [0.5, 0.6) is 0 Å². The van der Waals surface area contributed by atoms with Gasteiger partial charge in [0.2, 0.25) is 5.91 Å². The zero-order chi connectivity index (χ0) is 17.1. The number of aromatic nitrogens is 2. The van der Waals surface area contributed by atoms with E-state index in [9.17, 15) is 13.6 Å². The maximum absolute atomic E-state index is 13.8. The Hall–Kier alpha value is -2.28. The number of piperidine rings is 1. The fourth-order valence-electron chi connectivity index (χ4n) is 2.94. The molecular formula is C17H20F2N4O. The van der Waals surface area contributed by atoms with Crippen molar-refractivity contribution >= 4 is 5.91 Å². The molecule has 1 aromatic heterocycles. The van der Waals surface area contributed by atoms with Crippen LogP contribution >= 0.6 is 0 Å². The highest BCUT2D eigenvalue weighted by Gasteiger charge is 2.28. The third kappa shape index (κ3) is 3.62. The van der Waals surface area contributed by atoms with Gasteiger partial charge in [-0.05, 0) is 25.0 Å². The van der Waals surface area contributed by atoms with Crippen molar-refractivity contribution < 1.29 is 13.6 Å². The summed E-state index contributed by atoms with van der Waals surface area (Å²) in [5.41, 5.74) is 1.32. The molecule has 0 aliphatic carbocycles. The zero-order valence-corrected chi connectivity index (χ0v) is 13.5. The lowest BCUT2D eigenvalue weighted by Gasteiger charge is -2.33. The Morgan fingerprint density at radius 3 is 2.88 bits per heavy atom.